The van der Waals surface area contributed by atoms with Gasteiger partial charge in [-0.05, 0) is 23.4 Å². The van der Waals surface area contributed by atoms with E-state index in [-0.39, 0.29) is 5.91 Å². The van der Waals surface area contributed by atoms with Gasteiger partial charge in [-0.1, -0.05) is 32.0 Å². The molecule has 1 amide bonds. The summed E-state index contributed by atoms with van der Waals surface area (Å²) in [7, 11) is 0. The van der Waals surface area contributed by atoms with E-state index in [9.17, 15) is 4.79 Å². The molecule has 0 spiro atoms. The van der Waals surface area contributed by atoms with Crippen LogP contribution < -0.4 is 0 Å². The lowest BCUT2D eigenvalue weighted by Gasteiger charge is -2.29. The zero-order chi connectivity index (χ0) is 13.4. The molecular formula is C16H20N2O. The summed E-state index contributed by atoms with van der Waals surface area (Å²) in [5, 5.41) is 1.27. The van der Waals surface area contributed by atoms with Crippen LogP contribution >= 0.6 is 0 Å². The van der Waals surface area contributed by atoms with E-state index in [2.05, 4.69) is 48.7 Å². The number of aromatic nitrogens is 1. The van der Waals surface area contributed by atoms with Crippen molar-refractivity contribution in [3.63, 3.8) is 0 Å². The Morgan fingerprint density at radius 3 is 2.84 bits per heavy atom. The van der Waals surface area contributed by atoms with Crippen molar-refractivity contribution in [3.05, 3.63) is 36.0 Å². The second kappa shape index (κ2) is 4.72. The molecule has 0 N–H and O–H groups in total. The van der Waals surface area contributed by atoms with Crippen LogP contribution in [-0.2, 0) is 17.9 Å². The highest BCUT2D eigenvalue weighted by molar-refractivity contribution is 5.82. The molecule has 3 nitrogen and oxygen atoms in total. The largest absolute Gasteiger partial charge is 0.341 e. The van der Waals surface area contributed by atoms with E-state index >= 15 is 0 Å². The number of rotatable bonds is 2. The second-order valence-corrected chi connectivity index (χ2v) is 5.76. The van der Waals surface area contributed by atoms with Gasteiger partial charge in [0.15, 0.2) is 0 Å². The molecule has 2 aromatic rings. The molecule has 100 valence electrons. The molecule has 19 heavy (non-hydrogen) atoms. The third-order valence-corrected chi connectivity index (χ3v) is 3.78. The van der Waals surface area contributed by atoms with Gasteiger partial charge in [-0.3, -0.25) is 4.79 Å². The van der Waals surface area contributed by atoms with E-state index in [4.69, 9.17) is 0 Å². The molecule has 2 heterocycles. The van der Waals surface area contributed by atoms with Gasteiger partial charge in [0.1, 0.15) is 0 Å². The van der Waals surface area contributed by atoms with Crippen LogP contribution in [0, 0.1) is 5.92 Å². The van der Waals surface area contributed by atoms with E-state index in [0.29, 0.717) is 12.3 Å². The summed E-state index contributed by atoms with van der Waals surface area (Å²) in [6.45, 7) is 6.68. The number of hydrogen-bond acceptors (Lipinski definition) is 1. The van der Waals surface area contributed by atoms with E-state index in [1.807, 2.05) is 4.90 Å². The molecule has 0 atom stereocenters. The number of para-hydroxylation sites is 1. The molecule has 0 aliphatic carbocycles. The van der Waals surface area contributed by atoms with Crippen LogP contribution in [0.25, 0.3) is 10.9 Å². The molecule has 0 bridgehead atoms. The van der Waals surface area contributed by atoms with Crippen molar-refractivity contribution in [3.8, 4) is 0 Å². The molecule has 1 aliphatic heterocycles. The van der Waals surface area contributed by atoms with E-state index < -0.39 is 0 Å². The lowest BCUT2D eigenvalue weighted by Crippen LogP contribution is -2.38. The summed E-state index contributed by atoms with van der Waals surface area (Å²) in [5.74, 6) is 0.715. The molecular weight excluding hydrogens is 236 g/mol. The topological polar surface area (TPSA) is 25.2 Å². The number of amides is 1. The highest BCUT2D eigenvalue weighted by atomic mass is 16.2. The Bertz CT molecular complexity index is 612. The van der Waals surface area contributed by atoms with Gasteiger partial charge in [-0.25, -0.2) is 0 Å². The predicted molar refractivity (Wildman–Crippen MR) is 76.8 cm³/mol. The smallest absolute Gasteiger partial charge is 0.223 e. The van der Waals surface area contributed by atoms with Crippen molar-refractivity contribution < 1.29 is 4.79 Å². The first-order valence-corrected chi connectivity index (χ1v) is 7.00. The van der Waals surface area contributed by atoms with Gasteiger partial charge >= 0.3 is 0 Å². The first-order chi connectivity index (χ1) is 9.15. The molecule has 3 rings (SSSR count). The fourth-order valence-corrected chi connectivity index (χ4v) is 2.85. The zero-order valence-corrected chi connectivity index (χ0v) is 11.6. The number of carbonyl (C=O) groups excluding carboxylic acids is 1. The van der Waals surface area contributed by atoms with Gasteiger partial charge in [0.05, 0.1) is 6.54 Å². The molecule has 0 unspecified atom stereocenters. The summed E-state index contributed by atoms with van der Waals surface area (Å²) >= 11 is 0. The summed E-state index contributed by atoms with van der Waals surface area (Å²) in [6.07, 6.45) is 0.653. The summed E-state index contributed by atoms with van der Waals surface area (Å²) in [6, 6.07) is 10.7. The third kappa shape index (κ3) is 2.25. The summed E-state index contributed by atoms with van der Waals surface area (Å²) in [5.41, 5.74) is 2.54. The minimum absolute atomic E-state index is 0.284. The number of nitrogens with zero attached hydrogens (tertiary/aromatic N) is 2. The first-order valence-electron chi connectivity index (χ1n) is 7.00. The van der Waals surface area contributed by atoms with Crippen molar-refractivity contribution in [1.29, 1.82) is 0 Å². The fraction of sp³-hybridized carbons (Fsp3) is 0.438. The highest BCUT2D eigenvalue weighted by Crippen LogP contribution is 2.24. The van der Waals surface area contributed by atoms with Gasteiger partial charge in [-0.15, -0.1) is 0 Å². The molecule has 1 aromatic heterocycles. The Morgan fingerprint density at radius 2 is 2.05 bits per heavy atom. The maximum absolute atomic E-state index is 12.2. The maximum Gasteiger partial charge on any atom is 0.223 e. The van der Waals surface area contributed by atoms with Crippen molar-refractivity contribution >= 4 is 16.8 Å². The standard InChI is InChI=1S/C16H20N2O/c1-12(2)9-16(19)17-7-8-18-14(11-17)10-13-5-3-4-6-15(13)18/h3-6,10,12H,7-9,11H2,1-2H3. The molecule has 0 radical (unpaired) electrons. The minimum Gasteiger partial charge on any atom is -0.341 e. The second-order valence-electron chi connectivity index (χ2n) is 5.76. The van der Waals surface area contributed by atoms with Crippen LogP contribution in [-0.4, -0.2) is 21.9 Å². The summed E-state index contributed by atoms with van der Waals surface area (Å²) in [4.78, 5) is 14.1. The van der Waals surface area contributed by atoms with Crippen molar-refractivity contribution in [2.75, 3.05) is 6.54 Å². The lowest BCUT2D eigenvalue weighted by molar-refractivity contribution is -0.133. The van der Waals surface area contributed by atoms with Gasteiger partial charge < -0.3 is 9.47 Å². The molecule has 0 saturated heterocycles. The molecule has 3 heteroatoms. The molecule has 0 saturated carbocycles. The quantitative estimate of drug-likeness (QED) is 0.810. The highest BCUT2D eigenvalue weighted by Gasteiger charge is 2.22. The predicted octanol–water partition coefficient (Wildman–Crippen LogP) is 3.03. The Balaban J connectivity index is 1.86. The first kappa shape index (κ1) is 12.3. The van der Waals surface area contributed by atoms with Gasteiger partial charge in [-0.2, -0.15) is 0 Å². The van der Waals surface area contributed by atoms with Crippen LogP contribution in [0.15, 0.2) is 30.3 Å². The number of fused-ring (bicyclic) bond motifs is 3. The Labute approximate surface area is 113 Å². The average Bonchev–Trinajstić information content (AvgIpc) is 2.75. The molecule has 1 aliphatic rings. The van der Waals surface area contributed by atoms with E-state index in [1.54, 1.807) is 0 Å². The van der Waals surface area contributed by atoms with Crippen molar-refractivity contribution in [2.24, 2.45) is 5.92 Å². The Kier molecular flexibility index (Phi) is 3.05. The van der Waals surface area contributed by atoms with Crippen LogP contribution in [0.1, 0.15) is 26.0 Å². The van der Waals surface area contributed by atoms with Crippen molar-refractivity contribution in [1.82, 2.24) is 9.47 Å². The number of hydrogen-bond donors (Lipinski definition) is 0. The molecule has 0 fully saturated rings. The lowest BCUT2D eigenvalue weighted by atomic mass is 10.1. The normalized spacial score (nSPS) is 15.0. The van der Waals surface area contributed by atoms with Crippen LogP contribution in [0.2, 0.25) is 0 Å². The van der Waals surface area contributed by atoms with Crippen LogP contribution in [0.4, 0.5) is 0 Å². The SMILES string of the molecule is CC(C)CC(=O)N1CCn2c(cc3ccccc32)C1. The van der Waals surface area contributed by atoms with Crippen LogP contribution in [0.5, 0.6) is 0 Å². The Morgan fingerprint density at radius 1 is 1.26 bits per heavy atom. The zero-order valence-electron chi connectivity index (χ0n) is 11.6. The maximum atomic E-state index is 12.2. The summed E-state index contributed by atoms with van der Waals surface area (Å²) < 4.78 is 2.34. The van der Waals surface area contributed by atoms with Crippen molar-refractivity contribution in [2.45, 2.75) is 33.4 Å². The monoisotopic (exact) mass is 256 g/mol. The van der Waals surface area contributed by atoms with Gasteiger partial charge in [0.2, 0.25) is 5.91 Å². The van der Waals surface area contributed by atoms with E-state index in [0.717, 1.165) is 19.6 Å². The van der Waals surface area contributed by atoms with Crippen LogP contribution in [0.3, 0.4) is 0 Å². The van der Waals surface area contributed by atoms with Gasteiger partial charge in [0, 0.05) is 30.7 Å². The number of benzene rings is 1. The van der Waals surface area contributed by atoms with Gasteiger partial charge in [0.25, 0.3) is 0 Å². The minimum atomic E-state index is 0.284. The third-order valence-electron chi connectivity index (χ3n) is 3.78. The average molecular weight is 256 g/mol. The molecule has 1 aromatic carbocycles. The van der Waals surface area contributed by atoms with E-state index in [1.165, 1.54) is 16.6 Å². The number of carbonyl (C=O) groups is 1. The fourth-order valence-electron chi connectivity index (χ4n) is 2.85. The Hall–Kier alpha value is -1.77.